The second-order valence-corrected chi connectivity index (χ2v) is 11.5. The molecule has 5 rings (SSSR count). The first kappa shape index (κ1) is 20.6. The molecule has 0 atom stereocenters. The molecule has 0 N–H and O–H groups in total. The lowest BCUT2D eigenvalue weighted by molar-refractivity contribution is 0.590. The lowest BCUT2D eigenvalue weighted by Crippen LogP contribution is -2.11. The van der Waals surface area contributed by atoms with Gasteiger partial charge in [-0.15, -0.1) is 22.7 Å². The van der Waals surface area contributed by atoms with E-state index in [1.165, 1.54) is 51.1 Å². The fourth-order valence-electron chi connectivity index (χ4n) is 4.26. The zero-order valence-corrected chi connectivity index (χ0v) is 20.3. The Bertz CT molecular complexity index is 1230. The van der Waals surface area contributed by atoms with Crippen LogP contribution in [0.3, 0.4) is 0 Å². The van der Waals surface area contributed by atoms with Crippen molar-refractivity contribution in [2.75, 3.05) is 0 Å². The third-order valence-electron chi connectivity index (χ3n) is 6.10. The predicted molar refractivity (Wildman–Crippen MR) is 137 cm³/mol. The molecule has 2 aromatic heterocycles. The van der Waals surface area contributed by atoms with Gasteiger partial charge >= 0.3 is 0 Å². The lowest BCUT2D eigenvalue weighted by atomic mass is 9.86. The van der Waals surface area contributed by atoms with Crippen molar-refractivity contribution in [3.63, 3.8) is 0 Å². The van der Waals surface area contributed by atoms with Crippen LogP contribution in [0.5, 0.6) is 0 Å². The molecule has 0 saturated carbocycles. The van der Waals surface area contributed by atoms with Gasteiger partial charge in [0.25, 0.3) is 0 Å². The average Bonchev–Trinajstić information content (AvgIpc) is 3.33. The number of aromatic nitrogens is 1. The maximum atomic E-state index is 5.17. The minimum atomic E-state index is 0.163. The highest BCUT2D eigenvalue weighted by Gasteiger charge is 2.24. The highest BCUT2D eigenvalue weighted by atomic mass is 32.1. The standard InChI is InChI=1S/C27H28N2S2/c1-17(18-13-15-19(16-14-18)27(2,3)4)28-25-24(20-9-5-7-11-22(20)30-25)26-29-21-10-6-8-12-23(21)31-26/h6,8,10,12-16H,5,7,9,11H2,1-4H3. The van der Waals surface area contributed by atoms with Gasteiger partial charge in [-0.2, -0.15) is 0 Å². The van der Waals surface area contributed by atoms with E-state index in [0.29, 0.717) is 0 Å². The number of thiophene rings is 1. The number of aliphatic imine (C=N–C) groups is 1. The zero-order valence-electron chi connectivity index (χ0n) is 18.7. The van der Waals surface area contributed by atoms with E-state index in [2.05, 4.69) is 76.2 Å². The Morgan fingerprint density at radius 2 is 1.68 bits per heavy atom. The van der Waals surface area contributed by atoms with Crippen molar-refractivity contribution in [1.82, 2.24) is 4.98 Å². The number of benzene rings is 2. The second kappa shape index (κ2) is 7.99. The molecule has 0 amide bonds. The van der Waals surface area contributed by atoms with Gasteiger partial charge < -0.3 is 0 Å². The van der Waals surface area contributed by atoms with Crippen LogP contribution in [-0.2, 0) is 18.3 Å². The van der Waals surface area contributed by atoms with E-state index in [9.17, 15) is 0 Å². The maximum absolute atomic E-state index is 5.17. The van der Waals surface area contributed by atoms with Crippen molar-refractivity contribution >= 4 is 43.6 Å². The first-order chi connectivity index (χ1) is 14.9. The molecule has 0 radical (unpaired) electrons. The van der Waals surface area contributed by atoms with E-state index in [1.807, 2.05) is 11.3 Å². The van der Waals surface area contributed by atoms with Gasteiger partial charge in [-0.05, 0) is 66.8 Å². The highest BCUT2D eigenvalue weighted by Crippen LogP contribution is 2.47. The fraction of sp³-hybridized carbons (Fsp3) is 0.333. The third-order valence-corrected chi connectivity index (χ3v) is 8.34. The quantitative estimate of drug-likeness (QED) is 0.291. The van der Waals surface area contributed by atoms with E-state index >= 15 is 0 Å². The summed E-state index contributed by atoms with van der Waals surface area (Å²) in [6.07, 6.45) is 4.86. The first-order valence-corrected chi connectivity index (χ1v) is 12.7. The summed E-state index contributed by atoms with van der Waals surface area (Å²) in [5, 5.41) is 2.25. The van der Waals surface area contributed by atoms with Crippen LogP contribution in [0.25, 0.3) is 20.8 Å². The van der Waals surface area contributed by atoms with Crippen molar-refractivity contribution < 1.29 is 0 Å². The summed E-state index contributed by atoms with van der Waals surface area (Å²) < 4.78 is 1.25. The molecule has 0 aliphatic heterocycles. The Morgan fingerprint density at radius 1 is 0.935 bits per heavy atom. The van der Waals surface area contributed by atoms with Crippen molar-refractivity contribution in [3.8, 4) is 10.6 Å². The van der Waals surface area contributed by atoms with Crippen LogP contribution in [0, 0.1) is 0 Å². The van der Waals surface area contributed by atoms with E-state index in [-0.39, 0.29) is 5.41 Å². The smallest absolute Gasteiger partial charge is 0.127 e. The second-order valence-electron chi connectivity index (χ2n) is 9.40. The minimum Gasteiger partial charge on any atom is -0.242 e. The van der Waals surface area contributed by atoms with Crippen LogP contribution < -0.4 is 0 Å². The molecule has 0 fully saturated rings. The van der Waals surface area contributed by atoms with Crippen molar-refractivity contribution in [3.05, 3.63) is 70.1 Å². The molecule has 0 spiro atoms. The number of aryl methyl sites for hydroxylation is 1. The Labute approximate surface area is 192 Å². The summed E-state index contributed by atoms with van der Waals surface area (Å²) in [7, 11) is 0. The van der Waals surface area contributed by atoms with Crippen molar-refractivity contribution in [1.29, 1.82) is 0 Å². The van der Waals surface area contributed by atoms with Crippen LogP contribution in [0.1, 0.15) is 62.1 Å². The topological polar surface area (TPSA) is 25.2 Å². The molecule has 0 unspecified atom stereocenters. The average molecular weight is 445 g/mol. The Kier molecular flexibility index (Phi) is 5.31. The van der Waals surface area contributed by atoms with Crippen LogP contribution in [-0.4, -0.2) is 10.7 Å². The summed E-state index contributed by atoms with van der Waals surface area (Å²) in [4.78, 5) is 11.7. The molecule has 1 aliphatic carbocycles. The number of hydrogen-bond acceptors (Lipinski definition) is 4. The molecule has 1 aliphatic rings. The molecule has 4 heteroatoms. The van der Waals surface area contributed by atoms with Gasteiger partial charge in [-0.1, -0.05) is 57.2 Å². The van der Waals surface area contributed by atoms with Gasteiger partial charge in [-0.3, -0.25) is 0 Å². The normalized spacial score (nSPS) is 14.8. The van der Waals surface area contributed by atoms with Gasteiger partial charge in [0, 0.05) is 10.6 Å². The Hall–Kier alpha value is -2.30. The molecular formula is C27H28N2S2. The predicted octanol–water partition coefficient (Wildman–Crippen LogP) is 8.34. The van der Waals surface area contributed by atoms with Gasteiger partial charge in [0.05, 0.1) is 15.8 Å². The lowest BCUT2D eigenvalue weighted by Gasteiger charge is -2.19. The van der Waals surface area contributed by atoms with Crippen LogP contribution >= 0.6 is 22.7 Å². The Balaban J connectivity index is 1.59. The minimum absolute atomic E-state index is 0.163. The fourth-order valence-corrected chi connectivity index (χ4v) is 6.67. The molecule has 2 heterocycles. The highest BCUT2D eigenvalue weighted by molar-refractivity contribution is 7.22. The summed E-state index contributed by atoms with van der Waals surface area (Å²) in [5.41, 5.74) is 7.64. The number of fused-ring (bicyclic) bond motifs is 2. The molecule has 0 saturated heterocycles. The van der Waals surface area contributed by atoms with E-state index in [0.717, 1.165) is 27.7 Å². The molecule has 158 valence electrons. The van der Waals surface area contributed by atoms with Crippen molar-refractivity contribution in [2.24, 2.45) is 4.99 Å². The van der Waals surface area contributed by atoms with Gasteiger partial charge in [0.2, 0.25) is 0 Å². The Morgan fingerprint density at radius 3 is 2.42 bits per heavy atom. The van der Waals surface area contributed by atoms with E-state index in [4.69, 9.17) is 9.98 Å². The first-order valence-electron chi connectivity index (χ1n) is 11.1. The van der Waals surface area contributed by atoms with Crippen LogP contribution in [0.2, 0.25) is 0 Å². The third kappa shape index (κ3) is 3.99. The van der Waals surface area contributed by atoms with Gasteiger partial charge in [0.15, 0.2) is 0 Å². The number of nitrogens with zero attached hydrogens (tertiary/aromatic N) is 2. The zero-order chi connectivity index (χ0) is 21.6. The molecule has 2 aromatic carbocycles. The number of rotatable bonds is 3. The molecule has 4 aromatic rings. The number of thiazole rings is 1. The molecule has 2 nitrogen and oxygen atoms in total. The number of para-hydroxylation sites is 1. The van der Waals surface area contributed by atoms with Crippen molar-refractivity contribution in [2.45, 2.75) is 58.8 Å². The number of hydrogen-bond donors (Lipinski definition) is 0. The monoisotopic (exact) mass is 444 g/mol. The molecule has 31 heavy (non-hydrogen) atoms. The van der Waals surface area contributed by atoms with E-state index < -0.39 is 0 Å². The largest absolute Gasteiger partial charge is 0.242 e. The SMILES string of the molecule is CC(=Nc1sc2c(c1-c1nc3ccccc3s1)CCCC2)c1ccc(C(C)(C)C)cc1. The molecule has 0 bridgehead atoms. The summed E-state index contributed by atoms with van der Waals surface area (Å²) >= 11 is 3.67. The summed E-state index contributed by atoms with van der Waals surface area (Å²) in [6, 6.07) is 17.3. The molecular weight excluding hydrogens is 416 g/mol. The maximum Gasteiger partial charge on any atom is 0.127 e. The summed E-state index contributed by atoms with van der Waals surface area (Å²) in [5.74, 6) is 0. The summed E-state index contributed by atoms with van der Waals surface area (Å²) in [6.45, 7) is 8.89. The van der Waals surface area contributed by atoms with Crippen LogP contribution in [0.15, 0.2) is 53.5 Å². The van der Waals surface area contributed by atoms with Gasteiger partial charge in [0.1, 0.15) is 10.0 Å². The van der Waals surface area contributed by atoms with Crippen LogP contribution in [0.4, 0.5) is 5.00 Å². The van der Waals surface area contributed by atoms with Gasteiger partial charge in [-0.25, -0.2) is 9.98 Å². The van der Waals surface area contributed by atoms with E-state index in [1.54, 1.807) is 11.3 Å².